The van der Waals surface area contributed by atoms with Crippen LogP contribution in [0.15, 0.2) is 102 Å². The minimum Gasteiger partial charge on any atom is -0.488 e. The Bertz CT molecular complexity index is 3210. The first-order chi connectivity index (χ1) is 35.5. The molecule has 13 rings (SSSR count). The first-order valence-electron chi connectivity index (χ1n) is 26.7. The van der Waals surface area contributed by atoms with Crippen LogP contribution in [0, 0.1) is 5.41 Å². The summed E-state index contributed by atoms with van der Waals surface area (Å²) in [5.41, 5.74) is 8.56. The third-order valence-electron chi connectivity index (χ3n) is 17.8. The molecule has 2 amide bonds. The third kappa shape index (κ3) is 7.88. The monoisotopic (exact) mass is 1000 g/mol. The molecule has 3 saturated heterocycles. The number of nitrogens with one attached hydrogen (secondary N) is 2. The van der Waals surface area contributed by atoms with E-state index in [2.05, 4.69) is 73.0 Å². The van der Waals surface area contributed by atoms with Crippen LogP contribution in [0.2, 0.25) is 0 Å². The standard InChI is InChI=1S/C57H64N10O5S/c1-63-28-18-43(19-29-63)72-48-36-40(34-45-50(48)60-54(69)57(45)22-10-11-23-57)51-52(61-62-67(51)42-15-6-3-7-16-42)73(70,71)32-12-27-64-30-24-55(25-31-64)37-65(38-55)47-35-39(46-17-26-58-66(46)41-13-4-2-5-14-41)33-44-49(47)59-53(68)56(44)20-8-9-21-56/h2-7,13-17,26,33-36,43H,8-12,18-25,27-32,37-38H2,1H3,(H,59,68)(H,60,69). The van der Waals surface area contributed by atoms with Crippen LogP contribution in [0.5, 0.6) is 5.75 Å². The number of para-hydroxylation sites is 2. The number of carbonyl (C=O) groups excluding carboxylic acids is 2. The number of hydrogen-bond donors (Lipinski definition) is 2. The topological polar surface area (TPSA) is 160 Å². The zero-order valence-electron chi connectivity index (χ0n) is 41.7. The lowest BCUT2D eigenvalue weighted by atomic mass is 9.71. The molecule has 4 aromatic carbocycles. The first-order valence-corrected chi connectivity index (χ1v) is 28.3. The molecule has 0 bridgehead atoms. The Morgan fingerprint density at radius 1 is 0.699 bits per heavy atom. The predicted molar refractivity (Wildman–Crippen MR) is 281 cm³/mol. The molecular formula is C57H64N10O5S. The van der Waals surface area contributed by atoms with Crippen LogP contribution in [-0.2, 0) is 30.3 Å². The summed E-state index contributed by atoms with van der Waals surface area (Å²) >= 11 is 0. The number of nitrogens with zero attached hydrogens (tertiary/aromatic N) is 8. The van der Waals surface area contributed by atoms with Crippen LogP contribution in [0.3, 0.4) is 0 Å². The van der Waals surface area contributed by atoms with E-state index < -0.39 is 20.7 Å². The molecule has 16 heteroatoms. The summed E-state index contributed by atoms with van der Waals surface area (Å²) in [7, 11) is -1.81. The van der Waals surface area contributed by atoms with Gasteiger partial charge in [0.25, 0.3) is 0 Å². The summed E-state index contributed by atoms with van der Waals surface area (Å²) in [5, 5.41) is 20.3. The predicted octanol–water partition coefficient (Wildman–Crippen LogP) is 8.55. The Morgan fingerprint density at radius 3 is 1.96 bits per heavy atom. The van der Waals surface area contributed by atoms with Crippen LogP contribution in [0.4, 0.5) is 17.1 Å². The van der Waals surface area contributed by atoms with E-state index in [0.29, 0.717) is 41.3 Å². The van der Waals surface area contributed by atoms with E-state index in [-0.39, 0.29) is 34.1 Å². The highest BCUT2D eigenvalue weighted by Gasteiger charge is 2.53. The number of piperidine rings is 2. The summed E-state index contributed by atoms with van der Waals surface area (Å²) in [6.45, 7) is 6.08. The van der Waals surface area contributed by atoms with Gasteiger partial charge in [0.2, 0.25) is 16.8 Å². The van der Waals surface area contributed by atoms with Gasteiger partial charge in [-0.2, -0.15) is 5.10 Å². The maximum absolute atomic E-state index is 14.7. The molecule has 5 fully saturated rings. The normalized spacial score (nSPS) is 21.2. The van der Waals surface area contributed by atoms with Crippen molar-refractivity contribution >= 4 is 38.7 Å². The maximum Gasteiger partial charge on any atom is 0.235 e. The molecule has 5 aliphatic heterocycles. The van der Waals surface area contributed by atoms with Crippen LogP contribution in [0.25, 0.3) is 33.9 Å². The Morgan fingerprint density at radius 2 is 1.30 bits per heavy atom. The number of sulfone groups is 1. The molecule has 0 unspecified atom stereocenters. The van der Waals surface area contributed by atoms with Crippen LogP contribution in [0.1, 0.15) is 94.6 Å². The van der Waals surface area contributed by atoms with Crippen molar-refractivity contribution < 1.29 is 22.7 Å². The number of anilines is 3. The van der Waals surface area contributed by atoms with Gasteiger partial charge in [0, 0.05) is 42.7 Å². The average molecular weight is 1000 g/mol. The fraction of sp³-hybridized carbons (Fsp3) is 0.456. The van der Waals surface area contributed by atoms with Crippen molar-refractivity contribution in [2.75, 3.05) is 74.1 Å². The first kappa shape index (κ1) is 46.4. The van der Waals surface area contributed by atoms with E-state index in [0.717, 1.165) is 156 Å². The van der Waals surface area contributed by atoms with E-state index in [9.17, 15) is 18.0 Å². The highest BCUT2D eigenvalue weighted by Crippen LogP contribution is 2.56. The molecule has 7 aliphatic rings. The van der Waals surface area contributed by atoms with Crippen molar-refractivity contribution in [3.63, 3.8) is 0 Å². The number of benzene rings is 4. The van der Waals surface area contributed by atoms with Crippen molar-refractivity contribution in [3.8, 4) is 39.6 Å². The molecule has 15 nitrogen and oxygen atoms in total. The van der Waals surface area contributed by atoms with Gasteiger partial charge in [-0.15, -0.1) is 5.10 Å². The molecule has 7 heterocycles. The lowest BCUT2D eigenvalue weighted by Crippen LogP contribution is -2.60. The quantitative estimate of drug-likeness (QED) is 0.121. The number of likely N-dealkylation sites (tertiary alicyclic amines) is 2. The molecule has 3 spiro atoms. The highest BCUT2D eigenvalue weighted by molar-refractivity contribution is 7.91. The fourth-order valence-corrected chi connectivity index (χ4v) is 15.0. The van der Waals surface area contributed by atoms with Crippen LogP contribution >= 0.6 is 0 Å². The largest absolute Gasteiger partial charge is 0.488 e. The molecule has 378 valence electrons. The van der Waals surface area contributed by atoms with Gasteiger partial charge in [0.15, 0.2) is 9.84 Å². The number of rotatable bonds is 12. The van der Waals surface area contributed by atoms with E-state index in [1.807, 2.05) is 71.5 Å². The number of carbonyl (C=O) groups is 2. The molecule has 2 N–H and O–H groups in total. The van der Waals surface area contributed by atoms with Gasteiger partial charge in [0.1, 0.15) is 17.5 Å². The minimum absolute atomic E-state index is 0.00403. The zero-order chi connectivity index (χ0) is 49.5. The molecule has 6 aromatic rings. The summed E-state index contributed by atoms with van der Waals surface area (Å²) in [4.78, 5) is 35.0. The van der Waals surface area contributed by atoms with Crippen molar-refractivity contribution in [1.82, 2.24) is 34.6 Å². The van der Waals surface area contributed by atoms with E-state index in [1.165, 1.54) is 0 Å². The lowest BCUT2D eigenvalue weighted by molar-refractivity contribution is -0.121. The zero-order valence-corrected chi connectivity index (χ0v) is 42.5. The van der Waals surface area contributed by atoms with Gasteiger partial charge in [-0.1, -0.05) is 67.3 Å². The summed E-state index contributed by atoms with van der Waals surface area (Å²) < 4.78 is 39.9. The van der Waals surface area contributed by atoms with Crippen molar-refractivity contribution in [1.29, 1.82) is 0 Å². The second kappa shape index (κ2) is 17.9. The maximum atomic E-state index is 14.7. The van der Waals surface area contributed by atoms with E-state index >= 15 is 0 Å². The minimum atomic E-state index is -3.93. The molecular weight excluding hydrogens is 937 g/mol. The van der Waals surface area contributed by atoms with Crippen LogP contribution < -0.4 is 20.3 Å². The number of amides is 2. The highest BCUT2D eigenvalue weighted by atomic mass is 32.2. The summed E-state index contributed by atoms with van der Waals surface area (Å²) in [5.74, 6) is 0.634. The smallest absolute Gasteiger partial charge is 0.235 e. The Hall–Kier alpha value is -6.36. The molecule has 73 heavy (non-hydrogen) atoms. The summed E-state index contributed by atoms with van der Waals surface area (Å²) in [6, 6.07) is 30.2. The molecule has 0 radical (unpaired) electrons. The Kier molecular flexibility index (Phi) is 11.4. The number of hydrogen-bond acceptors (Lipinski definition) is 11. The van der Waals surface area contributed by atoms with E-state index in [1.54, 1.807) is 4.68 Å². The fourth-order valence-electron chi connectivity index (χ4n) is 13.7. The second-order valence-corrected chi connectivity index (χ2v) is 24.3. The molecule has 2 saturated carbocycles. The third-order valence-corrected chi connectivity index (χ3v) is 19.5. The lowest BCUT2D eigenvalue weighted by Gasteiger charge is -2.55. The van der Waals surface area contributed by atoms with Crippen molar-refractivity contribution in [2.24, 2.45) is 5.41 Å². The van der Waals surface area contributed by atoms with Gasteiger partial charge in [-0.3, -0.25) is 9.59 Å². The van der Waals surface area contributed by atoms with Gasteiger partial charge in [0.05, 0.1) is 56.9 Å². The Labute approximate surface area is 427 Å². The van der Waals surface area contributed by atoms with Crippen molar-refractivity contribution in [2.45, 2.75) is 105 Å². The van der Waals surface area contributed by atoms with Gasteiger partial charge >= 0.3 is 0 Å². The van der Waals surface area contributed by atoms with Crippen molar-refractivity contribution in [3.05, 3.63) is 108 Å². The molecule has 2 aliphatic carbocycles. The van der Waals surface area contributed by atoms with E-state index in [4.69, 9.17) is 9.84 Å². The Balaban J connectivity index is 0.726. The van der Waals surface area contributed by atoms with Gasteiger partial charge < -0.3 is 30.1 Å². The van der Waals surface area contributed by atoms with Gasteiger partial charge in [-0.25, -0.2) is 17.8 Å². The second-order valence-electron chi connectivity index (χ2n) is 22.2. The van der Waals surface area contributed by atoms with Crippen LogP contribution in [-0.4, -0.2) is 120 Å². The average Bonchev–Trinajstić information content (AvgIpc) is 4.28. The molecule has 0 atom stereocenters. The summed E-state index contributed by atoms with van der Waals surface area (Å²) in [6.07, 6.45) is 13.2. The number of fused-ring (bicyclic) bond motifs is 4. The van der Waals surface area contributed by atoms with Gasteiger partial charge in [-0.05, 0) is 150 Å². The SMILES string of the molecule is CN1CCC(Oc2cc(-c3c(S(=O)(=O)CCCN4CCC5(CC4)CN(c4cc(-c6ccnn6-c6ccccc6)cc6c4NC(=O)C64CCCC4)C5)nnn3-c3ccccc3)cc3c2NC(=O)C32CCCC2)CC1. The molecule has 2 aromatic heterocycles. The number of ether oxygens (including phenoxy) is 1. The number of aromatic nitrogens is 5.